The number of pyridine rings is 1. The van der Waals surface area contributed by atoms with E-state index in [0.717, 1.165) is 18.8 Å². The summed E-state index contributed by atoms with van der Waals surface area (Å²) in [6.45, 7) is 5.90. The molecule has 0 spiro atoms. The van der Waals surface area contributed by atoms with Crippen LogP contribution in [0, 0.1) is 11.3 Å². The Balaban J connectivity index is 2.37. The van der Waals surface area contributed by atoms with E-state index in [0.29, 0.717) is 16.8 Å². The van der Waals surface area contributed by atoms with Crippen molar-refractivity contribution in [2.24, 2.45) is 0 Å². The molecular weight excluding hydrogens is 274 g/mol. The molecule has 1 aromatic carbocycles. The Morgan fingerprint density at radius 3 is 2.59 bits per heavy atom. The minimum atomic E-state index is 0.160. The molecule has 4 heteroatoms. The molecule has 0 radical (unpaired) electrons. The molecule has 0 amide bonds. The van der Waals surface area contributed by atoms with E-state index in [-0.39, 0.29) is 5.75 Å². The maximum absolute atomic E-state index is 10.2. The molecule has 2 rings (SSSR count). The Labute approximate surface area is 131 Å². The van der Waals surface area contributed by atoms with Gasteiger partial charge in [0.15, 0.2) is 0 Å². The molecule has 0 aliphatic rings. The average Bonchev–Trinajstić information content (AvgIpc) is 2.56. The predicted octanol–water partition coefficient (Wildman–Crippen LogP) is 3.70. The van der Waals surface area contributed by atoms with Gasteiger partial charge in [-0.15, -0.1) is 0 Å². The molecule has 0 saturated carbocycles. The number of anilines is 1. The van der Waals surface area contributed by atoms with Crippen molar-refractivity contribution in [2.75, 3.05) is 18.0 Å². The van der Waals surface area contributed by atoms with Crippen LogP contribution in [0.25, 0.3) is 11.6 Å². The van der Waals surface area contributed by atoms with Gasteiger partial charge in [-0.2, -0.15) is 5.26 Å². The van der Waals surface area contributed by atoms with Crippen LogP contribution in [-0.2, 0) is 0 Å². The van der Waals surface area contributed by atoms with Crippen molar-refractivity contribution in [2.45, 2.75) is 13.8 Å². The molecule has 0 aliphatic carbocycles. The third-order valence-electron chi connectivity index (χ3n) is 3.50. The zero-order chi connectivity index (χ0) is 15.9. The van der Waals surface area contributed by atoms with E-state index < -0.39 is 0 Å². The lowest BCUT2D eigenvalue weighted by molar-refractivity contribution is 0.474. The summed E-state index contributed by atoms with van der Waals surface area (Å²) in [7, 11) is 0. The van der Waals surface area contributed by atoms with Crippen molar-refractivity contribution in [1.29, 1.82) is 5.26 Å². The van der Waals surface area contributed by atoms with Crippen molar-refractivity contribution < 1.29 is 5.11 Å². The first-order valence-electron chi connectivity index (χ1n) is 7.30. The minimum absolute atomic E-state index is 0.160. The summed E-state index contributed by atoms with van der Waals surface area (Å²) in [5.74, 6) is 0.160. The van der Waals surface area contributed by atoms with Crippen LogP contribution in [0.2, 0.25) is 0 Å². The molecule has 2 aromatic rings. The van der Waals surface area contributed by atoms with E-state index in [1.807, 2.05) is 18.2 Å². The van der Waals surface area contributed by atoms with E-state index in [2.05, 4.69) is 29.8 Å². The molecule has 4 nitrogen and oxygen atoms in total. The van der Waals surface area contributed by atoms with E-state index >= 15 is 0 Å². The number of aromatic hydroxyl groups is 1. The molecule has 0 fully saturated rings. The van der Waals surface area contributed by atoms with Crippen LogP contribution in [0.1, 0.15) is 25.1 Å². The Bertz CT molecular complexity index is 698. The van der Waals surface area contributed by atoms with E-state index in [4.69, 9.17) is 0 Å². The van der Waals surface area contributed by atoms with E-state index in [1.54, 1.807) is 30.5 Å². The lowest BCUT2D eigenvalue weighted by atomic mass is 10.1. The van der Waals surface area contributed by atoms with Crippen molar-refractivity contribution in [3.63, 3.8) is 0 Å². The quantitative estimate of drug-likeness (QED) is 0.854. The van der Waals surface area contributed by atoms with E-state index in [1.165, 1.54) is 0 Å². The van der Waals surface area contributed by atoms with Gasteiger partial charge in [-0.25, -0.2) is 0 Å². The van der Waals surface area contributed by atoms with Crippen molar-refractivity contribution in [1.82, 2.24) is 4.98 Å². The molecule has 0 unspecified atom stereocenters. The first-order chi connectivity index (χ1) is 10.7. The highest BCUT2D eigenvalue weighted by molar-refractivity contribution is 5.89. The van der Waals surface area contributed by atoms with Gasteiger partial charge in [-0.3, -0.25) is 4.98 Å². The zero-order valence-corrected chi connectivity index (χ0v) is 12.8. The number of phenolic OH excluding ortho intramolecular Hbond substituents is 1. The summed E-state index contributed by atoms with van der Waals surface area (Å²) in [6, 6.07) is 13.0. The second kappa shape index (κ2) is 7.28. The average molecular weight is 293 g/mol. The summed E-state index contributed by atoms with van der Waals surface area (Å²) in [5, 5.41) is 19.5. The topological polar surface area (TPSA) is 60.2 Å². The Hall–Kier alpha value is -2.80. The number of hydrogen-bond acceptors (Lipinski definition) is 4. The van der Waals surface area contributed by atoms with Gasteiger partial charge < -0.3 is 10.0 Å². The maximum Gasteiger partial charge on any atom is 0.124 e. The third kappa shape index (κ3) is 3.44. The smallest absolute Gasteiger partial charge is 0.124 e. The summed E-state index contributed by atoms with van der Waals surface area (Å²) >= 11 is 0. The largest absolute Gasteiger partial charge is 0.507 e. The number of hydrogen-bond donors (Lipinski definition) is 1. The van der Waals surface area contributed by atoms with Gasteiger partial charge in [0, 0.05) is 36.6 Å². The Kier molecular flexibility index (Phi) is 5.16. The monoisotopic (exact) mass is 293 g/mol. The predicted molar refractivity (Wildman–Crippen MR) is 89.4 cm³/mol. The van der Waals surface area contributed by atoms with Crippen LogP contribution in [-0.4, -0.2) is 23.2 Å². The summed E-state index contributed by atoms with van der Waals surface area (Å²) in [5.41, 5.74) is 2.60. The molecule has 1 aromatic heterocycles. The van der Waals surface area contributed by atoms with Crippen molar-refractivity contribution >= 4 is 17.3 Å². The molecule has 1 heterocycles. The third-order valence-corrected chi connectivity index (χ3v) is 3.50. The fourth-order valence-electron chi connectivity index (χ4n) is 2.28. The van der Waals surface area contributed by atoms with Crippen LogP contribution in [0.5, 0.6) is 5.75 Å². The molecule has 0 bridgehead atoms. The number of benzene rings is 1. The normalized spacial score (nSPS) is 11.0. The highest BCUT2D eigenvalue weighted by Crippen LogP contribution is 2.27. The Morgan fingerprint density at radius 2 is 2.05 bits per heavy atom. The highest BCUT2D eigenvalue weighted by Gasteiger charge is 2.08. The molecular formula is C18H19N3O. The molecule has 22 heavy (non-hydrogen) atoms. The van der Waals surface area contributed by atoms with Gasteiger partial charge in [0.1, 0.15) is 11.8 Å². The number of phenols is 1. The number of aromatic nitrogens is 1. The highest BCUT2D eigenvalue weighted by atomic mass is 16.3. The lowest BCUT2D eigenvalue weighted by Gasteiger charge is -2.21. The fraction of sp³-hybridized carbons (Fsp3) is 0.222. The van der Waals surface area contributed by atoms with Crippen LogP contribution >= 0.6 is 0 Å². The molecule has 1 N–H and O–H groups in total. The lowest BCUT2D eigenvalue weighted by Crippen LogP contribution is -2.21. The first kappa shape index (κ1) is 15.6. The van der Waals surface area contributed by atoms with Gasteiger partial charge in [0.05, 0.1) is 11.3 Å². The Morgan fingerprint density at radius 1 is 1.27 bits per heavy atom. The van der Waals surface area contributed by atoms with Gasteiger partial charge in [-0.1, -0.05) is 6.07 Å². The molecule has 112 valence electrons. The van der Waals surface area contributed by atoms with Crippen LogP contribution in [0.3, 0.4) is 0 Å². The second-order valence-corrected chi connectivity index (χ2v) is 4.80. The van der Waals surface area contributed by atoms with Crippen LogP contribution < -0.4 is 4.90 Å². The van der Waals surface area contributed by atoms with Gasteiger partial charge >= 0.3 is 0 Å². The van der Waals surface area contributed by atoms with Crippen molar-refractivity contribution in [3.05, 3.63) is 53.9 Å². The maximum atomic E-state index is 10.2. The first-order valence-corrected chi connectivity index (χ1v) is 7.30. The van der Waals surface area contributed by atoms with Gasteiger partial charge in [0.25, 0.3) is 0 Å². The number of nitrogens with zero attached hydrogens (tertiary/aromatic N) is 3. The molecule has 0 saturated heterocycles. The second-order valence-electron chi connectivity index (χ2n) is 4.80. The molecule has 0 aliphatic heterocycles. The van der Waals surface area contributed by atoms with E-state index in [9.17, 15) is 10.4 Å². The van der Waals surface area contributed by atoms with Gasteiger partial charge in [-0.05, 0) is 44.2 Å². The van der Waals surface area contributed by atoms with Crippen LogP contribution in [0.15, 0.2) is 42.6 Å². The van der Waals surface area contributed by atoms with Gasteiger partial charge in [0.2, 0.25) is 0 Å². The van der Waals surface area contributed by atoms with Crippen molar-refractivity contribution in [3.8, 4) is 11.8 Å². The molecule has 0 atom stereocenters. The summed E-state index contributed by atoms with van der Waals surface area (Å²) < 4.78 is 0. The summed E-state index contributed by atoms with van der Waals surface area (Å²) in [6.07, 6.45) is 3.30. The SMILES string of the molecule is CCN(CC)c1ccc(C=C(C#N)c2ccccn2)c(O)c1. The standard InChI is InChI=1S/C18H19N3O/c1-3-21(4-2)16-9-8-14(18(22)12-16)11-15(13-19)17-7-5-6-10-20-17/h5-12,22H,3-4H2,1-2H3. The number of allylic oxidation sites excluding steroid dienone is 1. The number of rotatable bonds is 5. The zero-order valence-electron chi connectivity index (χ0n) is 12.8. The fourth-order valence-corrected chi connectivity index (χ4v) is 2.28. The number of nitriles is 1. The van der Waals surface area contributed by atoms with Crippen LogP contribution in [0.4, 0.5) is 5.69 Å². The minimum Gasteiger partial charge on any atom is -0.507 e. The summed E-state index contributed by atoms with van der Waals surface area (Å²) in [4.78, 5) is 6.32.